The van der Waals surface area contributed by atoms with E-state index >= 15 is 0 Å². The molecular weight excluding hydrogens is 380 g/mol. The molecule has 2 N–H and O–H groups in total. The van der Waals surface area contributed by atoms with Crippen molar-refractivity contribution in [1.29, 1.82) is 0 Å². The molecule has 1 aliphatic heterocycles. The van der Waals surface area contributed by atoms with E-state index in [0.717, 1.165) is 55.8 Å². The number of ether oxygens (including phenoxy) is 3. The highest BCUT2D eigenvalue weighted by atomic mass is 35.5. The summed E-state index contributed by atoms with van der Waals surface area (Å²) in [4.78, 5) is 6.74. The predicted octanol–water partition coefficient (Wildman–Crippen LogP) is 1.93. The molecule has 1 aromatic rings. The molecule has 8 heteroatoms. The quantitative estimate of drug-likeness (QED) is 0.329. The summed E-state index contributed by atoms with van der Waals surface area (Å²) in [6.07, 6.45) is 0.905. The molecule has 1 fully saturated rings. The van der Waals surface area contributed by atoms with Crippen LogP contribution in [0.2, 0.25) is 5.02 Å². The third kappa shape index (κ3) is 7.93. The Balaban J connectivity index is 1.84. The molecule has 0 amide bonds. The van der Waals surface area contributed by atoms with Gasteiger partial charge in [0.15, 0.2) is 5.96 Å². The fraction of sp³-hybridized carbons (Fsp3) is 0.650. The predicted molar refractivity (Wildman–Crippen MR) is 113 cm³/mol. The van der Waals surface area contributed by atoms with Crippen LogP contribution >= 0.6 is 11.6 Å². The fourth-order valence-corrected chi connectivity index (χ4v) is 3.37. The third-order valence-electron chi connectivity index (χ3n) is 4.63. The Morgan fingerprint density at radius 3 is 2.71 bits per heavy atom. The molecule has 1 aromatic carbocycles. The van der Waals surface area contributed by atoms with Crippen LogP contribution < -0.4 is 10.6 Å². The van der Waals surface area contributed by atoms with Crippen LogP contribution in [0.3, 0.4) is 0 Å². The number of hydrogen-bond acceptors (Lipinski definition) is 5. The van der Waals surface area contributed by atoms with Crippen LogP contribution in [0.4, 0.5) is 0 Å². The minimum atomic E-state index is 0.161. The van der Waals surface area contributed by atoms with Crippen LogP contribution in [0.25, 0.3) is 0 Å². The lowest BCUT2D eigenvalue weighted by Gasteiger charge is -2.35. The van der Waals surface area contributed by atoms with Crippen LogP contribution in [0.15, 0.2) is 29.3 Å². The number of aliphatic imine (C=N–C) groups is 1. The summed E-state index contributed by atoms with van der Waals surface area (Å²) in [7, 11) is 3.46. The highest BCUT2D eigenvalue weighted by Gasteiger charge is 2.24. The molecule has 1 atom stereocenters. The summed E-state index contributed by atoms with van der Waals surface area (Å²) in [5.41, 5.74) is 1.13. The Labute approximate surface area is 173 Å². The van der Waals surface area contributed by atoms with E-state index in [2.05, 4.69) is 26.6 Å². The smallest absolute Gasteiger partial charge is 0.191 e. The lowest BCUT2D eigenvalue weighted by molar-refractivity contribution is 0.0170. The van der Waals surface area contributed by atoms with Gasteiger partial charge in [0, 0.05) is 52.0 Å². The van der Waals surface area contributed by atoms with Crippen molar-refractivity contribution < 1.29 is 14.2 Å². The van der Waals surface area contributed by atoms with Crippen molar-refractivity contribution in [2.45, 2.75) is 12.5 Å². The maximum absolute atomic E-state index is 6.49. The van der Waals surface area contributed by atoms with Crippen molar-refractivity contribution in [2.24, 2.45) is 4.99 Å². The zero-order valence-corrected chi connectivity index (χ0v) is 17.7. The van der Waals surface area contributed by atoms with Crippen LogP contribution in [0.1, 0.15) is 18.0 Å². The number of nitrogens with one attached hydrogen (secondary N) is 2. The lowest BCUT2D eigenvalue weighted by Crippen LogP contribution is -2.46. The normalized spacial score (nSPS) is 16.8. The lowest BCUT2D eigenvalue weighted by atomic mass is 10.0. The molecule has 28 heavy (non-hydrogen) atoms. The number of halogens is 1. The molecule has 0 saturated carbocycles. The van der Waals surface area contributed by atoms with Gasteiger partial charge in [-0.15, -0.1) is 0 Å². The fourth-order valence-electron chi connectivity index (χ4n) is 3.11. The summed E-state index contributed by atoms with van der Waals surface area (Å²) in [5, 5.41) is 7.57. The van der Waals surface area contributed by atoms with Gasteiger partial charge < -0.3 is 24.8 Å². The Morgan fingerprint density at radius 2 is 2.00 bits per heavy atom. The third-order valence-corrected chi connectivity index (χ3v) is 4.97. The van der Waals surface area contributed by atoms with Crippen molar-refractivity contribution >= 4 is 17.6 Å². The number of rotatable bonds is 11. The molecule has 1 heterocycles. The first-order valence-corrected chi connectivity index (χ1v) is 10.2. The number of hydrogen-bond donors (Lipinski definition) is 2. The monoisotopic (exact) mass is 412 g/mol. The number of methoxy groups -OCH3 is 1. The van der Waals surface area contributed by atoms with E-state index < -0.39 is 0 Å². The van der Waals surface area contributed by atoms with E-state index in [-0.39, 0.29) is 6.04 Å². The average Bonchev–Trinajstić information content (AvgIpc) is 2.73. The van der Waals surface area contributed by atoms with Gasteiger partial charge in [-0.2, -0.15) is 0 Å². The van der Waals surface area contributed by atoms with E-state index in [1.54, 1.807) is 14.2 Å². The Hall–Kier alpha value is -1.38. The van der Waals surface area contributed by atoms with Gasteiger partial charge in [-0.05, 0) is 18.1 Å². The highest BCUT2D eigenvalue weighted by molar-refractivity contribution is 6.31. The van der Waals surface area contributed by atoms with Gasteiger partial charge >= 0.3 is 0 Å². The van der Waals surface area contributed by atoms with Crippen molar-refractivity contribution in [2.75, 3.05) is 73.4 Å². The Morgan fingerprint density at radius 1 is 1.21 bits per heavy atom. The SMILES string of the molecule is CN=C(NCCCOCCOC)NCC(c1ccccc1Cl)N1CCOCC1. The molecular formula is C20H33ClN4O3. The van der Waals surface area contributed by atoms with Gasteiger partial charge in [0.2, 0.25) is 0 Å². The maximum Gasteiger partial charge on any atom is 0.191 e. The summed E-state index contributed by atoms with van der Waals surface area (Å²) >= 11 is 6.49. The molecule has 158 valence electrons. The van der Waals surface area contributed by atoms with Crippen LogP contribution in [0, 0.1) is 0 Å². The van der Waals surface area contributed by atoms with E-state index in [0.29, 0.717) is 26.4 Å². The molecule has 2 rings (SSSR count). The average molecular weight is 413 g/mol. The first kappa shape index (κ1) is 22.9. The second-order valence-corrected chi connectivity index (χ2v) is 6.93. The minimum absolute atomic E-state index is 0.161. The van der Waals surface area contributed by atoms with Gasteiger partial charge in [-0.25, -0.2) is 0 Å². The standard InChI is InChI=1S/C20H33ClN4O3/c1-22-20(23-8-5-11-27-15-14-26-2)24-16-19(25-9-12-28-13-10-25)17-6-3-4-7-18(17)21/h3-4,6-7,19H,5,8-16H2,1-2H3,(H2,22,23,24). The first-order chi connectivity index (χ1) is 13.8. The molecule has 1 saturated heterocycles. The molecule has 0 aliphatic carbocycles. The van der Waals surface area contributed by atoms with Gasteiger partial charge in [0.25, 0.3) is 0 Å². The Bertz CT molecular complexity index is 582. The second kappa shape index (κ2) is 13.7. The molecule has 0 radical (unpaired) electrons. The van der Waals surface area contributed by atoms with Crippen molar-refractivity contribution in [3.05, 3.63) is 34.9 Å². The van der Waals surface area contributed by atoms with Crippen LogP contribution in [0.5, 0.6) is 0 Å². The molecule has 0 spiro atoms. The van der Waals surface area contributed by atoms with Crippen molar-refractivity contribution in [1.82, 2.24) is 15.5 Å². The van der Waals surface area contributed by atoms with Gasteiger partial charge in [0.1, 0.15) is 0 Å². The topological polar surface area (TPSA) is 67.4 Å². The highest BCUT2D eigenvalue weighted by Crippen LogP contribution is 2.27. The zero-order valence-electron chi connectivity index (χ0n) is 17.0. The first-order valence-electron chi connectivity index (χ1n) is 9.83. The second-order valence-electron chi connectivity index (χ2n) is 6.52. The van der Waals surface area contributed by atoms with Crippen molar-refractivity contribution in [3.8, 4) is 0 Å². The summed E-state index contributed by atoms with van der Waals surface area (Å²) < 4.78 is 16.0. The summed E-state index contributed by atoms with van der Waals surface area (Å²) in [5.74, 6) is 0.780. The minimum Gasteiger partial charge on any atom is -0.382 e. The Kier molecular flexibility index (Phi) is 11.2. The van der Waals surface area contributed by atoms with Crippen LogP contribution in [-0.4, -0.2) is 84.2 Å². The molecule has 0 bridgehead atoms. The molecule has 7 nitrogen and oxygen atoms in total. The maximum atomic E-state index is 6.49. The van der Waals surface area contributed by atoms with E-state index in [9.17, 15) is 0 Å². The largest absolute Gasteiger partial charge is 0.382 e. The van der Waals surface area contributed by atoms with E-state index in [1.807, 2.05) is 18.2 Å². The number of benzene rings is 1. The van der Waals surface area contributed by atoms with Crippen molar-refractivity contribution in [3.63, 3.8) is 0 Å². The van der Waals surface area contributed by atoms with E-state index in [4.69, 9.17) is 25.8 Å². The van der Waals surface area contributed by atoms with Gasteiger partial charge in [-0.3, -0.25) is 9.89 Å². The number of morpholine rings is 1. The van der Waals surface area contributed by atoms with Gasteiger partial charge in [-0.1, -0.05) is 29.8 Å². The number of nitrogens with zero attached hydrogens (tertiary/aromatic N) is 2. The molecule has 1 unspecified atom stereocenters. The van der Waals surface area contributed by atoms with E-state index in [1.165, 1.54) is 0 Å². The summed E-state index contributed by atoms with van der Waals surface area (Å²) in [6, 6.07) is 8.20. The number of guanidine groups is 1. The molecule has 0 aromatic heterocycles. The summed E-state index contributed by atoms with van der Waals surface area (Å²) in [6.45, 7) is 6.74. The molecule has 1 aliphatic rings. The zero-order chi connectivity index (χ0) is 20.0. The van der Waals surface area contributed by atoms with Crippen LogP contribution in [-0.2, 0) is 14.2 Å². The van der Waals surface area contributed by atoms with Gasteiger partial charge in [0.05, 0.1) is 32.5 Å².